The third-order valence-electron chi connectivity index (χ3n) is 3.03. The minimum Gasteiger partial charge on any atom is -0.319 e. The van der Waals surface area contributed by atoms with Crippen LogP contribution in [0.3, 0.4) is 0 Å². The van der Waals surface area contributed by atoms with Crippen LogP contribution >= 0.6 is 15.9 Å². The molecule has 0 amide bonds. The summed E-state index contributed by atoms with van der Waals surface area (Å²) < 4.78 is 2.93. The Hall–Kier alpha value is -1.20. The zero-order valence-corrected chi connectivity index (χ0v) is 13.1. The molecule has 0 aliphatic rings. The molecule has 0 saturated heterocycles. The molecule has 1 unspecified atom stereocenters. The SMILES string of the molecule is CCCn1ncc(Br)c1C(N)c1cc(C)nc(C)c1. The molecule has 2 heterocycles. The van der Waals surface area contributed by atoms with Crippen LogP contribution < -0.4 is 5.73 Å². The number of aryl methyl sites for hydroxylation is 3. The summed E-state index contributed by atoms with van der Waals surface area (Å²) in [5, 5.41) is 4.37. The van der Waals surface area contributed by atoms with Crippen molar-refractivity contribution in [1.29, 1.82) is 0 Å². The van der Waals surface area contributed by atoms with Gasteiger partial charge in [-0.25, -0.2) is 0 Å². The highest BCUT2D eigenvalue weighted by atomic mass is 79.9. The van der Waals surface area contributed by atoms with Crippen LogP contribution in [0.5, 0.6) is 0 Å². The topological polar surface area (TPSA) is 56.7 Å². The first-order valence-electron chi connectivity index (χ1n) is 6.45. The lowest BCUT2D eigenvalue weighted by Crippen LogP contribution is -2.18. The Morgan fingerprint density at radius 2 is 1.95 bits per heavy atom. The van der Waals surface area contributed by atoms with Gasteiger partial charge in [-0.3, -0.25) is 9.67 Å². The molecule has 0 spiro atoms. The molecule has 19 heavy (non-hydrogen) atoms. The monoisotopic (exact) mass is 322 g/mol. The molecule has 0 radical (unpaired) electrons. The Balaban J connectivity index is 2.43. The first kappa shape index (κ1) is 14.2. The quantitative estimate of drug-likeness (QED) is 0.940. The average Bonchev–Trinajstić information content (AvgIpc) is 2.69. The van der Waals surface area contributed by atoms with Crippen molar-refractivity contribution in [2.75, 3.05) is 0 Å². The zero-order valence-electron chi connectivity index (χ0n) is 11.5. The van der Waals surface area contributed by atoms with E-state index in [2.05, 4.69) is 32.9 Å². The van der Waals surface area contributed by atoms with Crippen molar-refractivity contribution in [3.8, 4) is 0 Å². The predicted molar refractivity (Wildman–Crippen MR) is 80.0 cm³/mol. The predicted octanol–water partition coefficient (Wildman–Crippen LogP) is 3.12. The number of pyridine rings is 1. The van der Waals surface area contributed by atoms with Gasteiger partial charge in [-0.05, 0) is 53.9 Å². The highest BCUT2D eigenvalue weighted by Crippen LogP contribution is 2.27. The summed E-state index contributed by atoms with van der Waals surface area (Å²) in [6, 6.07) is 3.88. The van der Waals surface area contributed by atoms with E-state index in [4.69, 9.17) is 5.73 Å². The van der Waals surface area contributed by atoms with Crippen molar-refractivity contribution in [3.05, 3.63) is 45.4 Å². The molecule has 4 nitrogen and oxygen atoms in total. The molecule has 0 aliphatic carbocycles. The second-order valence-electron chi connectivity index (χ2n) is 4.76. The van der Waals surface area contributed by atoms with Crippen LogP contribution in [-0.4, -0.2) is 14.8 Å². The van der Waals surface area contributed by atoms with E-state index in [0.717, 1.165) is 40.1 Å². The highest BCUT2D eigenvalue weighted by molar-refractivity contribution is 9.10. The van der Waals surface area contributed by atoms with Gasteiger partial charge in [0.15, 0.2) is 0 Å². The maximum absolute atomic E-state index is 6.41. The van der Waals surface area contributed by atoms with Gasteiger partial charge in [0.2, 0.25) is 0 Å². The van der Waals surface area contributed by atoms with E-state index in [0.29, 0.717) is 0 Å². The van der Waals surface area contributed by atoms with Gasteiger partial charge in [0, 0.05) is 17.9 Å². The summed E-state index contributed by atoms with van der Waals surface area (Å²) in [7, 11) is 0. The molecule has 1 atom stereocenters. The molecule has 2 aromatic heterocycles. The fourth-order valence-electron chi connectivity index (χ4n) is 2.28. The number of aromatic nitrogens is 3. The van der Waals surface area contributed by atoms with Crippen LogP contribution in [0.2, 0.25) is 0 Å². The second kappa shape index (κ2) is 5.84. The van der Waals surface area contributed by atoms with Gasteiger partial charge in [0.25, 0.3) is 0 Å². The van der Waals surface area contributed by atoms with Crippen molar-refractivity contribution in [1.82, 2.24) is 14.8 Å². The molecule has 0 bridgehead atoms. The second-order valence-corrected chi connectivity index (χ2v) is 5.62. The number of rotatable bonds is 4. The molecule has 0 fully saturated rings. The van der Waals surface area contributed by atoms with E-state index in [-0.39, 0.29) is 6.04 Å². The minimum atomic E-state index is -0.191. The van der Waals surface area contributed by atoms with Crippen molar-refractivity contribution in [3.63, 3.8) is 0 Å². The third kappa shape index (κ3) is 3.04. The normalized spacial score (nSPS) is 12.7. The van der Waals surface area contributed by atoms with E-state index in [9.17, 15) is 0 Å². The highest BCUT2D eigenvalue weighted by Gasteiger charge is 2.18. The summed E-state index contributed by atoms with van der Waals surface area (Å²) in [5.41, 5.74) is 10.5. The number of hydrogen-bond acceptors (Lipinski definition) is 3. The molecule has 0 saturated carbocycles. The van der Waals surface area contributed by atoms with Gasteiger partial charge >= 0.3 is 0 Å². The van der Waals surface area contributed by atoms with Crippen molar-refractivity contribution in [2.24, 2.45) is 5.73 Å². The Morgan fingerprint density at radius 1 is 1.32 bits per heavy atom. The molecule has 2 aromatic rings. The lowest BCUT2D eigenvalue weighted by Gasteiger charge is -2.16. The van der Waals surface area contributed by atoms with E-state index >= 15 is 0 Å². The fraction of sp³-hybridized carbons (Fsp3) is 0.429. The Morgan fingerprint density at radius 3 is 2.53 bits per heavy atom. The van der Waals surface area contributed by atoms with Crippen molar-refractivity contribution < 1.29 is 0 Å². The summed E-state index contributed by atoms with van der Waals surface area (Å²) in [4.78, 5) is 4.39. The van der Waals surface area contributed by atoms with Gasteiger partial charge in [0.05, 0.1) is 22.4 Å². The van der Waals surface area contributed by atoms with Gasteiger partial charge < -0.3 is 5.73 Å². The molecular weight excluding hydrogens is 304 g/mol. The molecule has 2 N–H and O–H groups in total. The van der Waals surface area contributed by atoms with E-state index in [1.54, 1.807) is 0 Å². The summed E-state index contributed by atoms with van der Waals surface area (Å²) in [6.07, 6.45) is 2.84. The van der Waals surface area contributed by atoms with Crippen LogP contribution in [0.25, 0.3) is 0 Å². The molecule has 0 aromatic carbocycles. The molecular formula is C14H19BrN4. The van der Waals surface area contributed by atoms with Crippen molar-refractivity contribution in [2.45, 2.75) is 39.8 Å². The van der Waals surface area contributed by atoms with E-state index < -0.39 is 0 Å². The van der Waals surface area contributed by atoms with Gasteiger partial charge in [0.1, 0.15) is 0 Å². The smallest absolute Gasteiger partial charge is 0.0738 e. The lowest BCUT2D eigenvalue weighted by atomic mass is 10.0. The Kier molecular flexibility index (Phi) is 4.37. The van der Waals surface area contributed by atoms with Crippen LogP contribution in [0.15, 0.2) is 22.8 Å². The third-order valence-corrected chi connectivity index (χ3v) is 3.64. The first-order valence-corrected chi connectivity index (χ1v) is 7.24. The molecule has 2 rings (SSSR count). The van der Waals surface area contributed by atoms with Crippen LogP contribution in [-0.2, 0) is 6.54 Å². The van der Waals surface area contributed by atoms with Crippen LogP contribution in [0.1, 0.15) is 42.0 Å². The van der Waals surface area contributed by atoms with E-state index in [1.165, 1.54) is 0 Å². The minimum absolute atomic E-state index is 0.191. The molecule has 102 valence electrons. The summed E-state index contributed by atoms with van der Waals surface area (Å²) >= 11 is 3.54. The Labute approximate surface area is 122 Å². The number of nitrogens with two attached hydrogens (primary N) is 1. The van der Waals surface area contributed by atoms with Gasteiger partial charge in [-0.15, -0.1) is 0 Å². The zero-order chi connectivity index (χ0) is 14.0. The maximum atomic E-state index is 6.41. The number of hydrogen-bond donors (Lipinski definition) is 1. The fourth-order valence-corrected chi connectivity index (χ4v) is 2.82. The maximum Gasteiger partial charge on any atom is 0.0738 e. The van der Waals surface area contributed by atoms with Gasteiger partial charge in [-0.2, -0.15) is 5.10 Å². The van der Waals surface area contributed by atoms with Crippen LogP contribution in [0, 0.1) is 13.8 Å². The van der Waals surface area contributed by atoms with Crippen molar-refractivity contribution >= 4 is 15.9 Å². The number of nitrogens with zero attached hydrogens (tertiary/aromatic N) is 3. The lowest BCUT2D eigenvalue weighted by molar-refractivity contribution is 0.558. The van der Waals surface area contributed by atoms with Gasteiger partial charge in [-0.1, -0.05) is 6.92 Å². The molecule has 0 aliphatic heterocycles. The molecule has 5 heteroatoms. The van der Waals surface area contributed by atoms with Crippen LogP contribution in [0.4, 0.5) is 0 Å². The Bertz CT molecular complexity index is 557. The first-order chi connectivity index (χ1) is 9.02. The standard InChI is InChI=1S/C14H19BrN4/c1-4-5-19-14(12(15)8-17-19)13(16)11-6-9(2)18-10(3)7-11/h6-8,13H,4-5,16H2,1-3H3. The summed E-state index contributed by atoms with van der Waals surface area (Å²) in [5.74, 6) is 0. The number of halogens is 1. The van der Waals surface area contributed by atoms with E-state index in [1.807, 2.05) is 36.9 Å². The average molecular weight is 323 g/mol. The summed E-state index contributed by atoms with van der Waals surface area (Å²) in [6.45, 7) is 6.98. The largest absolute Gasteiger partial charge is 0.319 e.